The van der Waals surface area contributed by atoms with Crippen molar-refractivity contribution >= 4 is 16.7 Å². The minimum atomic E-state index is 0.314. The Balaban J connectivity index is 1.89. The largest absolute Gasteiger partial charge is 0.467 e. The van der Waals surface area contributed by atoms with Crippen LogP contribution in [0.1, 0.15) is 32.3 Å². The molecule has 4 rings (SSSR count). The van der Waals surface area contributed by atoms with Gasteiger partial charge in [0, 0.05) is 49.4 Å². The number of hydrogen-bond donors (Lipinski definition) is 0. The van der Waals surface area contributed by atoms with Gasteiger partial charge >= 0.3 is 6.01 Å². The monoisotopic (exact) mass is 390 g/mol. The predicted octanol–water partition coefficient (Wildman–Crippen LogP) is 4.01. The minimum Gasteiger partial charge on any atom is -0.467 e. The maximum atomic E-state index is 5.06. The molecule has 1 atom stereocenters. The zero-order valence-electron chi connectivity index (χ0n) is 17.4. The van der Waals surface area contributed by atoms with Gasteiger partial charge in [-0.15, -0.1) is 0 Å². The van der Waals surface area contributed by atoms with E-state index in [0.717, 1.165) is 58.7 Å². The Morgan fingerprint density at radius 2 is 1.93 bits per heavy atom. The van der Waals surface area contributed by atoms with E-state index in [2.05, 4.69) is 52.2 Å². The minimum absolute atomic E-state index is 0.314. The third kappa shape index (κ3) is 3.37. The second-order valence-electron chi connectivity index (χ2n) is 7.43. The van der Waals surface area contributed by atoms with Crippen LogP contribution < -0.4 is 9.64 Å². The predicted molar refractivity (Wildman–Crippen MR) is 115 cm³/mol. The maximum Gasteiger partial charge on any atom is 0.316 e. The molecule has 1 unspecified atom stereocenters. The number of hydrogen-bond acceptors (Lipinski definition) is 7. The molecule has 0 bridgehead atoms. The number of nitrogens with zero attached hydrogens (tertiary/aromatic N) is 6. The van der Waals surface area contributed by atoms with Gasteiger partial charge < -0.3 is 14.5 Å². The smallest absolute Gasteiger partial charge is 0.316 e. The maximum absolute atomic E-state index is 5.06. The van der Waals surface area contributed by atoms with Crippen LogP contribution in [0.25, 0.3) is 22.3 Å². The van der Waals surface area contributed by atoms with Crippen molar-refractivity contribution in [3.05, 3.63) is 48.7 Å². The molecule has 3 aromatic heterocycles. The highest BCUT2D eigenvalue weighted by Gasteiger charge is 2.30. The first-order chi connectivity index (χ1) is 14.0. The second kappa shape index (κ2) is 7.66. The molecule has 150 valence electrons. The molecule has 0 saturated carbocycles. The van der Waals surface area contributed by atoms with Crippen molar-refractivity contribution in [2.24, 2.45) is 0 Å². The first-order valence-corrected chi connectivity index (χ1v) is 9.87. The van der Waals surface area contributed by atoms with Gasteiger partial charge in [0.25, 0.3) is 0 Å². The van der Waals surface area contributed by atoms with Crippen molar-refractivity contribution in [2.45, 2.75) is 39.3 Å². The average molecular weight is 390 g/mol. The fraction of sp³-hybridized carbons (Fsp3) is 0.364. The molecule has 0 spiro atoms. The van der Waals surface area contributed by atoms with Gasteiger partial charge in [-0.05, 0) is 25.5 Å². The quantitative estimate of drug-likeness (QED) is 0.652. The summed E-state index contributed by atoms with van der Waals surface area (Å²) < 4.78 is 5.06. The first kappa shape index (κ1) is 19.1. The molecular formula is C22H26N6O. The topological polar surface area (TPSA) is 67.3 Å². The Kier molecular flexibility index (Phi) is 5.05. The van der Waals surface area contributed by atoms with Gasteiger partial charge in [0.15, 0.2) is 0 Å². The van der Waals surface area contributed by atoms with Crippen molar-refractivity contribution < 1.29 is 4.74 Å². The summed E-state index contributed by atoms with van der Waals surface area (Å²) >= 11 is 0. The van der Waals surface area contributed by atoms with Crippen LogP contribution in [-0.2, 0) is 6.54 Å². The van der Waals surface area contributed by atoms with Gasteiger partial charge in [-0.2, -0.15) is 0 Å². The summed E-state index contributed by atoms with van der Waals surface area (Å²) in [5.74, 6) is 0.992. The van der Waals surface area contributed by atoms with Crippen LogP contribution in [0.2, 0.25) is 0 Å². The standard InChI is InChI=1S/C22H26N6O/c1-6-7-14(2)28-15(3)27(4)13-17-12-23-19-9-8-18(26-20(19)21(17)28)16-10-24-22(29-5)25-11-16/h8-12,14H,3,6-7,13H2,1-2,4-5H3. The van der Waals surface area contributed by atoms with E-state index < -0.39 is 0 Å². The highest BCUT2D eigenvalue weighted by molar-refractivity contribution is 5.92. The lowest BCUT2D eigenvalue weighted by atomic mass is 10.0. The zero-order chi connectivity index (χ0) is 20.5. The van der Waals surface area contributed by atoms with Crippen molar-refractivity contribution in [1.82, 2.24) is 24.8 Å². The SMILES string of the molecule is C=C1N(C)Cc2cnc3ccc(-c4cnc(OC)nc4)nc3c2N1C(C)CCC. The van der Waals surface area contributed by atoms with Gasteiger partial charge in [0.1, 0.15) is 11.3 Å². The Labute approximate surface area is 171 Å². The molecule has 29 heavy (non-hydrogen) atoms. The number of rotatable bonds is 5. The van der Waals surface area contributed by atoms with E-state index in [1.807, 2.05) is 18.3 Å². The summed E-state index contributed by atoms with van der Waals surface area (Å²) in [7, 11) is 3.62. The highest BCUT2D eigenvalue weighted by Crippen LogP contribution is 2.39. The Morgan fingerprint density at radius 3 is 2.62 bits per heavy atom. The van der Waals surface area contributed by atoms with Crippen LogP contribution in [0.3, 0.4) is 0 Å². The lowest BCUT2D eigenvalue weighted by Gasteiger charge is -2.42. The van der Waals surface area contributed by atoms with E-state index >= 15 is 0 Å². The normalized spacial score (nSPS) is 14.8. The number of fused-ring (bicyclic) bond motifs is 3. The third-order valence-electron chi connectivity index (χ3n) is 5.38. The number of pyridine rings is 2. The summed E-state index contributed by atoms with van der Waals surface area (Å²) in [5, 5.41) is 0. The number of aromatic nitrogens is 4. The lowest BCUT2D eigenvalue weighted by Crippen LogP contribution is -2.42. The molecule has 7 heteroatoms. The van der Waals surface area contributed by atoms with Gasteiger partial charge in [-0.3, -0.25) is 4.98 Å². The summed E-state index contributed by atoms with van der Waals surface area (Å²) in [5.41, 5.74) is 5.66. The molecule has 0 radical (unpaired) electrons. The number of ether oxygens (including phenoxy) is 1. The van der Waals surface area contributed by atoms with Crippen LogP contribution in [0.4, 0.5) is 5.69 Å². The summed E-state index contributed by atoms with van der Waals surface area (Å²) in [4.78, 5) is 22.5. The van der Waals surface area contributed by atoms with Crippen LogP contribution in [-0.4, -0.2) is 45.0 Å². The summed E-state index contributed by atoms with van der Waals surface area (Å²) in [6.45, 7) is 9.57. The van der Waals surface area contributed by atoms with Crippen molar-refractivity contribution in [2.75, 3.05) is 19.1 Å². The molecule has 0 aromatic carbocycles. The second-order valence-corrected chi connectivity index (χ2v) is 7.43. The molecule has 0 N–H and O–H groups in total. The molecule has 0 amide bonds. The average Bonchev–Trinajstić information content (AvgIpc) is 2.74. The highest BCUT2D eigenvalue weighted by atomic mass is 16.5. The fourth-order valence-electron chi connectivity index (χ4n) is 3.87. The lowest BCUT2D eigenvalue weighted by molar-refractivity contribution is 0.368. The fourth-order valence-corrected chi connectivity index (χ4v) is 3.87. The van der Waals surface area contributed by atoms with E-state index in [1.165, 1.54) is 0 Å². The molecule has 3 aromatic rings. The Morgan fingerprint density at radius 1 is 1.17 bits per heavy atom. The molecule has 1 aliphatic heterocycles. The van der Waals surface area contributed by atoms with Crippen molar-refractivity contribution in [3.63, 3.8) is 0 Å². The molecule has 4 heterocycles. The van der Waals surface area contributed by atoms with Gasteiger partial charge in [0.2, 0.25) is 0 Å². The number of methoxy groups -OCH3 is 1. The van der Waals surface area contributed by atoms with Crippen molar-refractivity contribution in [1.29, 1.82) is 0 Å². The van der Waals surface area contributed by atoms with E-state index in [1.54, 1.807) is 19.5 Å². The van der Waals surface area contributed by atoms with Crippen LogP contribution in [0, 0.1) is 0 Å². The van der Waals surface area contributed by atoms with Gasteiger partial charge in [0.05, 0.1) is 24.0 Å². The van der Waals surface area contributed by atoms with Gasteiger partial charge in [-0.1, -0.05) is 19.9 Å². The van der Waals surface area contributed by atoms with E-state index in [0.29, 0.717) is 12.1 Å². The summed E-state index contributed by atoms with van der Waals surface area (Å²) in [6.07, 6.45) is 7.60. The molecular weight excluding hydrogens is 364 g/mol. The van der Waals surface area contributed by atoms with Crippen LogP contribution in [0.15, 0.2) is 43.1 Å². The van der Waals surface area contributed by atoms with Crippen LogP contribution >= 0.6 is 0 Å². The Hall–Kier alpha value is -3.22. The summed E-state index contributed by atoms with van der Waals surface area (Å²) in [6, 6.07) is 4.62. The first-order valence-electron chi connectivity index (χ1n) is 9.87. The molecule has 0 aliphatic carbocycles. The number of anilines is 1. The van der Waals surface area contributed by atoms with Gasteiger partial charge in [-0.25, -0.2) is 15.0 Å². The van der Waals surface area contributed by atoms with E-state index in [9.17, 15) is 0 Å². The van der Waals surface area contributed by atoms with E-state index in [-0.39, 0.29) is 0 Å². The molecule has 0 saturated heterocycles. The third-order valence-corrected chi connectivity index (χ3v) is 5.38. The Bertz CT molecular complexity index is 1050. The van der Waals surface area contributed by atoms with Crippen molar-refractivity contribution in [3.8, 4) is 17.3 Å². The molecule has 7 nitrogen and oxygen atoms in total. The zero-order valence-corrected chi connectivity index (χ0v) is 17.4. The van der Waals surface area contributed by atoms with E-state index in [4.69, 9.17) is 9.72 Å². The molecule has 1 aliphatic rings. The molecule has 0 fully saturated rings. The van der Waals surface area contributed by atoms with Crippen LogP contribution in [0.5, 0.6) is 6.01 Å².